The van der Waals surface area contributed by atoms with Crippen LogP contribution in [0.2, 0.25) is 0 Å². The van der Waals surface area contributed by atoms with Crippen molar-refractivity contribution in [3.05, 3.63) is 35.6 Å². The second-order valence-electron chi connectivity index (χ2n) is 4.42. The number of hydrogen-bond donors (Lipinski definition) is 4. The van der Waals surface area contributed by atoms with Crippen molar-refractivity contribution in [2.75, 3.05) is 19.6 Å². The number of aliphatic carboxylic acids is 1. The Hall–Kier alpha value is -2.64. The molecule has 0 spiro atoms. The number of benzene rings is 1. The van der Waals surface area contributed by atoms with Crippen LogP contribution in [0.5, 0.6) is 0 Å². The molecular weight excluding hydrogens is 293 g/mol. The summed E-state index contributed by atoms with van der Waals surface area (Å²) in [5.41, 5.74) is -0.0550. The molecule has 0 unspecified atom stereocenters. The molecule has 4 N–H and O–H groups in total. The largest absolute Gasteiger partial charge is 0.481 e. The van der Waals surface area contributed by atoms with Gasteiger partial charge in [-0.25, -0.2) is 9.18 Å². The summed E-state index contributed by atoms with van der Waals surface area (Å²) < 4.78 is 13.3. The number of rotatable bonds is 8. The maximum atomic E-state index is 13.3. The number of carboxylic acids is 1. The number of halogens is 1. The van der Waals surface area contributed by atoms with Crippen LogP contribution in [0, 0.1) is 5.82 Å². The Kier molecular flexibility index (Phi) is 7.38. The number of hydrogen-bond acceptors (Lipinski definition) is 3. The highest BCUT2D eigenvalue weighted by atomic mass is 19.1. The van der Waals surface area contributed by atoms with Crippen LogP contribution >= 0.6 is 0 Å². The Bertz CT molecular complexity index is 537. The summed E-state index contributed by atoms with van der Waals surface area (Å²) in [6.07, 6.45) is 0.325. The molecule has 0 aromatic heterocycles. The van der Waals surface area contributed by atoms with Crippen molar-refractivity contribution < 1.29 is 23.9 Å². The van der Waals surface area contributed by atoms with E-state index in [2.05, 4.69) is 16.0 Å². The van der Waals surface area contributed by atoms with Gasteiger partial charge in [0.15, 0.2) is 0 Å². The van der Waals surface area contributed by atoms with Gasteiger partial charge in [-0.1, -0.05) is 12.1 Å². The average molecular weight is 311 g/mol. The van der Waals surface area contributed by atoms with Crippen LogP contribution in [0.3, 0.4) is 0 Å². The van der Waals surface area contributed by atoms with E-state index >= 15 is 0 Å². The Morgan fingerprint density at radius 2 is 1.64 bits per heavy atom. The highest BCUT2D eigenvalue weighted by Crippen LogP contribution is 2.05. The molecule has 0 heterocycles. The number of nitrogens with one attached hydrogen (secondary N) is 3. The van der Waals surface area contributed by atoms with E-state index in [0.29, 0.717) is 6.42 Å². The summed E-state index contributed by atoms with van der Waals surface area (Å²) in [6.45, 7) is 0.570. The fraction of sp³-hybridized carbons (Fsp3) is 0.357. The summed E-state index contributed by atoms with van der Waals surface area (Å²) in [5.74, 6) is -2.08. The SMILES string of the molecule is O=C(O)CCCNC(=O)NCCNC(=O)c1ccccc1F. The highest BCUT2D eigenvalue weighted by molar-refractivity contribution is 5.94. The predicted molar refractivity (Wildman–Crippen MR) is 77.0 cm³/mol. The maximum Gasteiger partial charge on any atom is 0.314 e. The molecule has 120 valence electrons. The monoisotopic (exact) mass is 311 g/mol. The minimum Gasteiger partial charge on any atom is -0.481 e. The van der Waals surface area contributed by atoms with Gasteiger partial charge in [-0.15, -0.1) is 0 Å². The van der Waals surface area contributed by atoms with Gasteiger partial charge in [0.2, 0.25) is 0 Å². The zero-order chi connectivity index (χ0) is 16.4. The molecule has 3 amide bonds. The van der Waals surface area contributed by atoms with Gasteiger partial charge in [0, 0.05) is 26.1 Å². The summed E-state index contributed by atoms with van der Waals surface area (Å²) >= 11 is 0. The van der Waals surface area contributed by atoms with Gasteiger partial charge < -0.3 is 21.1 Å². The molecule has 0 atom stereocenters. The number of carboxylic acid groups (broad SMARTS) is 1. The van der Waals surface area contributed by atoms with Crippen LogP contribution in [-0.4, -0.2) is 42.6 Å². The zero-order valence-corrected chi connectivity index (χ0v) is 11.9. The van der Waals surface area contributed by atoms with Crippen molar-refractivity contribution in [1.29, 1.82) is 0 Å². The van der Waals surface area contributed by atoms with Crippen LogP contribution < -0.4 is 16.0 Å². The van der Waals surface area contributed by atoms with Gasteiger partial charge in [-0.2, -0.15) is 0 Å². The van der Waals surface area contributed by atoms with Crippen molar-refractivity contribution in [1.82, 2.24) is 16.0 Å². The molecule has 1 aromatic rings. The summed E-state index contributed by atoms with van der Waals surface area (Å²) in [4.78, 5) is 33.2. The molecule has 8 heteroatoms. The summed E-state index contributed by atoms with van der Waals surface area (Å²) in [7, 11) is 0. The first kappa shape index (κ1) is 17.4. The third kappa shape index (κ3) is 6.69. The standard InChI is InChI=1S/C14H18FN3O4/c15-11-5-2-1-4-10(11)13(21)16-8-9-18-14(22)17-7-3-6-12(19)20/h1-2,4-5H,3,6-9H2,(H,16,21)(H,19,20)(H2,17,18,22). The molecule has 7 nitrogen and oxygen atoms in total. The maximum absolute atomic E-state index is 13.3. The summed E-state index contributed by atoms with van der Waals surface area (Å²) in [6, 6.07) is 5.15. The van der Waals surface area contributed by atoms with Crippen LogP contribution in [0.25, 0.3) is 0 Å². The van der Waals surface area contributed by atoms with Crippen molar-refractivity contribution >= 4 is 17.9 Å². The zero-order valence-electron chi connectivity index (χ0n) is 11.9. The highest BCUT2D eigenvalue weighted by Gasteiger charge is 2.09. The molecule has 0 saturated carbocycles. The average Bonchev–Trinajstić information content (AvgIpc) is 2.48. The van der Waals surface area contributed by atoms with E-state index in [-0.39, 0.29) is 31.6 Å². The molecule has 0 fully saturated rings. The fourth-order valence-electron chi connectivity index (χ4n) is 1.60. The Labute approximate surface area is 126 Å². The lowest BCUT2D eigenvalue weighted by Crippen LogP contribution is -2.40. The first-order valence-electron chi connectivity index (χ1n) is 6.77. The Morgan fingerprint density at radius 3 is 2.32 bits per heavy atom. The minimum absolute atomic E-state index is 0.0149. The molecule has 0 aliphatic heterocycles. The van der Waals surface area contributed by atoms with Crippen LogP contribution in [0.4, 0.5) is 9.18 Å². The van der Waals surface area contributed by atoms with E-state index in [9.17, 15) is 18.8 Å². The summed E-state index contributed by atoms with van der Waals surface area (Å²) in [5, 5.41) is 15.9. The van der Waals surface area contributed by atoms with Crippen LogP contribution in [0.1, 0.15) is 23.2 Å². The third-order valence-corrected chi connectivity index (χ3v) is 2.67. The fourth-order valence-corrected chi connectivity index (χ4v) is 1.60. The molecule has 22 heavy (non-hydrogen) atoms. The van der Waals surface area contributed by atoms with Crippen LogP contribution in [-0.2, 0) is 4.79 Å². The molecule has 0 radical (unpaired) electrons. The first-order chi connectivity index (χ1) is 10.5. The number of carbonyl (C=O) groups excluding carboxylic acids is 2. The minimum atomic E-state index is -0.918. The quantitative estimate of drug-likeness (QED) is 0.531. The van der Waals surface area contributed by atoms with Gasteiger partial charge in [-0.05, 0) is 18.6 Å². The first-order valence-corrected chi connectivity index (χ1v) is 6.77. The van der Waals surface area contributed by atoms with Gasteiger partial charge in [0.1, 0.15) is 5.82 Å². The normalized spacial score (nSPS) is 9.86. The number of amides is 3. The molecule has 1 aromatic carbocycles. The van der Waals surface area contributed by atoms with E-state index in [1.807, 2.05) is 0 Å². The lowest BCUT2D eigenvalue weighted by molar-refractivity contribution is -0.137. The molecule has 0 aliphatic rings. The van der Waals surface area contributed by atoms with E-state index in [0.717, 1.165) is 0 Å². The van der Waals surface area contributed by atoms with E-state index in [1.54, 1.807) is 6.07 Å². The number of urea groups is 1. The van der Waals surface area contributed by atoms with Crippen molar-refractivity contribution in [2.24, 2.45) is 0 Å². The van der Waals surface area contributed by atoms with Crippen molar-refractivity contribution in [3.8, 4) is 0 Å². The number of carbonyl (C=O) groups is 3. The molecular formula is C14H18FN3O4. The third-order valence-electron chi connectivity index (χ3n) is 2.67. The topological polar surface area (TPSA) is 108 Å². The second kappa shape index (κ2) is 9.32. The van der Waals surface area contributed by atoms with Crippen LogP contribution in [0.15, 0.2) is 24.3 Å². The lowest BCUT2D eigenvalue weighted by atomic mass is 10.2. The Morgan fingerprint density at radius 1 is 1.00 bits per heavy atom. The van der Waals surface area contributed by atoms with E-state index in [1.165, 1.54) is 18.2 Å². The van der Waals surface area contributed by atoms with Gasteiger partial charge in [-0.3, -0.25) is 9.59 Å². The second-order valence-corrected chi connectivity index (χ2v) is 4.42. The van der Waals surface area contributed by atoms with Gasteiger partial charge in [0.25, 0.3) is 5.91 Å². The molecule has 0 aliphatic carbocycles. The van der Waals surface area contributed by atoms with E-state index < -0.39 is 23.7 Å². The smallest absolute Gasteiger partial charge is 0.314 e. The molecule has 0 saturated heterocycles. The van der Waals surface area contributed by atoms with E-state index in [4.69, 9.17) is 5.11 Å². The molecule has 0 bridgehead atoms. The lowest BCUT2D eigenvalue weighted by Gasteiger charge is -2.08. The predicted octanol–water partition coefficient (Wildman–Crippen LogP) is 0.720. The van der Waals surface area contributed by atoms with Crippen molar-refractivity contribution in [3.63, 3.8) is 0 Å². The van der Waals surface area contributed by atoms with Crippen molar-refractivity contribution in [2.45, 2.75) is 12.8 Å². The molecule has 1 rings (SSSR count). The van der Waals surface area contributed by atoms with Gasteiger partial charge in [0.05, 0.1) is 5.56 Å². The Balaban J connectivity index is 2.14. The van der Waals surface area contributed by atoms with Gasteiger partial charge >= 0.3 is 12.0 Å².